The first kappa shape index (κ1) is 16.3. The van der Waals surface area contributed by atoms with Gasteiger partial charge in [-0.2, -0.15) is 0 Å². The molecular weight excluding hydrogens is 288 g/mol. The lowest BCUT2D eigenvalue weighted by atomic mass is 10.0. The second-order valence-corrected chi connectivity index (χ2v) is 7.05. The van der Waals surface area contributed by atoms with Crippen LogP contribution >= 0.6 is 0 Å². The van der Waals surface area contributed by atoms with Gasteiger partial charge >= 0.3 is 0 Å². The molecule has 0 aromatic heterocycles. The van der Waals surface area contributed by atoms with Crippen LogP contribution in [0, 0.1) is 13.8 Å². The van der Waals surface area contributed by atoms with Gasteiger partial charge in [0.15, 0.2) is 0 Å². The number of carbonyl (C=O) groups excluding carboxylic acids is 1. The average Bonchev–Trinajstić information content (AvgIpc) is 2.69. The number of rotatable bonds is 3. The van der Waals surface area contributed by atoms with E-state index >= 15 is 0 Å². The first-order valence-corrected chi connectivity index (χ1v) is 8.78. The maximum Gasteiger partial charge on any atom is 0.240 e. The van der Waals surface area contributed by atoms with Crippen LogP contribution in [-0.2, 0) is 4.79 Å². The molecule has 3 rings (SSSR count). The molecule has 1 amide bonds. The fourth-order valence-electron chi connectivity index (χ4n) is 3.62. The lowest BCUT2D eigenvalue weighted by molar-refractivity contribution is -0.145. The summed E-state index contributed by atoms with van der Waals surface area (Å²) in [5.41, 5.74) is 2.33. The van der Waals surface area contributed by atoms with E-state index in [9.17, 15) is 4.79 Å². The van der Waals surface area contributed by atoms with Gasteiger partial charge < -0.3 is 9.64 Å². The number of para-hydroxylation sites is 1. The number of likely N-dealkylation sites (tertiary alicyclic amines) is 2. The van der Waals surface area contributed by atoms with E-state index in [-0.39, 0.29) is 18.1 Å². The maximum atomic E-state index is 12.7. The topological polar surface area (TPSA) is 32.8 Å². The number of hydrogen-bond acceptors (Lipinski definition) is 3. The van der Waals surface area contributed by atoms with Crippen LogP contribution in [0.3, 0.4) is 0 Å². The fraction of sp³-hybridized carbons (Fsp3) is 0.632. The van der Waals surface area contributed by atoms with Crippen LogP contribution in [0.5, 0.6) is 5.75 Å². The molecule has 2 fully saturated rings. The molecule has 4 heteroatoms. The molecule has 2 aliphatic rings. The van der Waals surface area contributed by atoms with Crippen LogP contribution in [0.1, 0.15) is 36.8 Å². The molecule has 23 heavy (non-hydrogen) atoms. The van der Waals surface area contributed by atoms with E-state index in [2.05, 4.69) is 44.0 Å². The van der Waals surface area contributed by atoms with E-state index in [4.69, 9.17) is 4.74 Å². The summed E-state index contributed by atoms with van der Waals surface area (Å²) in [6.45, 7) is 6.62. The number of nitrogens with zero attached hydrogens (tertiary/aromatic N) is 2. The summed E-state index contributed by atoms with van der Waals surface area (Å²) in [4.78, 5) is 16.9. The van der Waals surface area contributed by atoms with Crippen molar-refractivity contribution in [2.75, 3.05) is 26.7 Å². The first-order valence-electron chi connectivity index (χ1n) is 8.78. The minimum absolute atomic E-state index is 0.0682. The zero-order valence-electron chi connectivity index (χ0n) is 14.5. The Morgan fingerprint density at radius 2 is 1.83 bits per heavy atom. The smallest absolute Gasteiger partial charge is 0.240 e. The van der Waals surface area contributed by atoms with Crippen molar-refractivity contribution in [2.45, 2.75) is 51.7 Å². The minimum atomic E-state index is 0.0682. The average molecular weight is 316 g/mol. The maximum absolute atomic E-state index is 12.7. The molecule has 0 radical (unpaired) electrons. The van der Waals surface area contributed by atoms with Crippen molar-refractivity contribution in [1.29, 1.82) is 0 Å². The Kier molecular flexibility index (Phi) is 4.90. The quantitative estimate of drug-likeness (QED) is 0.859. The van der Waals surface area contributed by atoms with Gasteiger partial charge in [0.25, 0.3) is 0 Å². The van der Waals surface area contributed by atoms with Crippen molar-refractivity contribution < 1.29 is 9.53 Å². The summed E-state index contributed by atoms with van der Waals surface area (Å²) in [7, 11) is 2.08. The summed E-state index contributed by atoms with van der Waals surface area (Å²) in [6.07, 6.45) is 4.74. The standard InChI is InChI=1S/C19H28N2O2/c1-14-8-7-9-15(2)18(14)23-16-12-21(13-16)19(22)17-10-5-4-6-11-20(17)3/h7-9,16-17H,4-6,10-13H2,1-3H3/t17-/m0/s1. The molecule has 0 saturated carbocycles. The van der Waals surface area contributed by atoms with Crippen molar-refractivity contribution >= 4 is 5.91 Å². The van der Waals surface area contributed by atoms with Gasteiger partial charge in [0.2, 0.25) is 5.91 Å². The number of hydrogen-bond donors (Lipinski definition) is 0. The SMILES string of the molecule is Cc1cccc(C)c1OC1CN(C(=O)[C@@H]2CCCCCN2C)C1. The van der Waals surface area contributed by atoms with Crippen LogP contribution in [-0.4, -0.2) is 54.5 Å². The van der Waals surface area contributed by atoms with Gasteiger partial charge in [-0.15, -0.1) is 0 Å². The minimum Gasteiger partial charge on any atom is -0.486 e. The lowest BCUT2D eigenvalue weighted by Gasteiger charge is -2.42. The third-order valence-corrected chi connectivity index (χ3v) is 5.16. The third-order valence-electron chi connectivity index (χ3n) is 5.16. The molecular formula is C19H28N2O2. The fourth-order valence-corrected chi connectivity index (χ4v) is 3.62. The summed E-state index contributed by atoms with van der Waals surface area (Å²) in [6, 6.07) is 6.27. The molecule has 2 aliphatic heterocycles. The number of benzene rings is 1. The van der Waals surface area contributed by atoms with Gasteiger partial charge in [-0.05, 0) is 51.4 Å². The molecule has 0 N–H and O–H groups in total. The number of amides is 1. The summed E-state index contributed by atoms with van der Waals surface area (Å²) < 4.78 is 6.12. The molecule has 0 bridgehead atoms. The van der Waals surface area contributed by atoms with Gasteiger partial charge in [0.1, 0.15) is 11.9 Å². The molecule has 1 aromatic carbocycles. The Morgan fingerprint density at radius 1 is 1.13 bits per heavy atom. The van der Waals surface area contributed by atoms with Crippen molar-refractivity contribution in [1.82, 2.24) is 9.80 Å². The zero-order chi connectivity index (χ0) is 16.4. The highest BCUT2D eigenvalue weighted by molar-refractivity contribution is 5.82. The van der Waals surface area contributed by atoms with Gasteiger partial charge in [-0.25, -0.2) is 0 Å². The van der Waals surface area contributed by atoms with Crippen molar-refractivity contribution in [3.8, 4) is 5.75 Å². The number of carbonyl (C=O) groups is 1. The van der Waals surface area contributed by atoms with Gasteiger partial charge in [-0.1, -0.05) is 31.0 Å². The van der Waals surface area contributed by atoms with Crippen LogP contribution in [0.15, 0.2) is 18.2 Å². The summed E-state index contributed by atoms with van der Waals surface area (Å²) in [5.74, 6) is 1.27. The van der Waals surface area contributed by atoms with Crippen molar-refractivity contribution in [2.24, 2.45) is 0 Å². The van der Waals surface area contributed by atoms with E-state index in [1.807, 2.05) is 4.90 Å². The molecule has 1 atom stereocenters. The molecule has 0 spiro atoms. The highest BCUT2D eigenvalue weighted by atomic mass is 16.5. The van der Waals surface area contributed by atoms with Crippen molar-refractivity contribution in [3.63, 3.8) is 0 Å². The van der Waals surface area contributed by atoms with Crippen LogP contribution in [0.25, 0.3) is 0 Å². The van der Waals surface area contributed by atoms with E-state index in [0.29, 0.717) is 0 Å². The molecule has 2 heterocycles. The number of likely N-dealkylation sites (N-methyl/N-ethyl adjacent to an activating group) is 1. The zero-order valence-corrected chi connectivity index (χ0v) is 14.5. The molecule has 126 valence electrons. The summed E-state index contributed by atoms with van der Waals surface area (Å²) >= 11 is 0. The Balaban J connectivity index is 1.55. The second kappa shape index (κ2) is 6.91. The number of ether oxygens (including phenoxy) is 1. The van der Waals surface area contributed by atoms with Gasteiger partial charge in [-0.3, -0.25) is 9.69 Å². The van der Waals surface area contributed by atoms with E-state index < -0.39 is 0 Å². The molecule has 0 unspecified atom stereocenters. The highest BCUT2D eigenvalue weighted by Crippen LogP contribution is 2.27. The van der Waals surface area contributed by atoms with E-state index in [1.54, 1.807) is 0 Å². The first-order chi connectivity index (χ1) is 11.1. The highest BCUT2D eigenvalue weighted by Gasteiger charge is 2.37. The molecule has 0 aliphatic carbocycles. The third kappa shape index (κ3) is 3.52. The monoisotopic (exact) mass is 316 g/mol. The molecule has 4 nitrogen and oxygen atoms in total. The lowest BCUT2D eigenvalue weighted by Crippen LogP contribution is -2.60. The Bertz CT molecular complexity index is 546. The predicted octanol–water partition coefficient (Wildman–Crippen LogP) is 2.77. The largest absolute Gasteiger partial charge is 0.486 e. The molecule has 1 aromatic rings. The van der Waals surface area contributed by atoms with Gasteiger partial charge in [0, 0.05) is 0 Å². The predicted molar refractivity (Wildman–Crippen MR) is 91.8 cm³/mol. The van der Waals surface area contributed by atoms with Crippen LogP contribution in [0.2, 0.25) is 0 Å². The van der Waals surface area contributed by atoms with Crippen LogP contribution in [0.4, 0.5) is 0 Å². The van der Waals surface area contributed by atoms with E-state index in [0.717, 1.165) is 38.2 Å². The normalized spacial score (nSPS) is 23.3. The Labute approximate surface area is 139 Å². The van der Waals surface area contributed by atoms with E-state index in [1.165, 1.54) is 24.0 Å². The summed E-state index contributed by atoms with van der Waals surface area (Å²) in [5, 5.41) is 0. The second-order valence-electron chi connectivity index (χ2n) is 7.05. The Morgan fingerprint density at radius 3 is 2.52 bits per heavy atom. The number of aryl methyl sites for hydroxylation is 2. The Hall–Kier alpha value is -1.55. The van der Waals surface area contributed by atoms with Gasteiger partial charge in [0.05, 0.1) is 19.1 Å². The molecule has 2 saturated heterocycles. The van der Waals surface area contributed by atoms with Crippen LogP contribution < -0.4 is 4.74 Å². The van der Waals surface area contributed by atoms with Crippen molar-refractivity contribution in [3.05, 3.63) is 29.3 Å².